The van der Waals surface area contributed by atoms with Crippen molar-refractivity contribution in [3.63, 3.8) is 0 Å². The zero-order valence-corrected chi connectivity index (χ0v) is 46.7. The number of hydrogen-bond acceptors (Lipinski definition) is 18. The number of hydrogen-bond donors (Lipinski definition) is 11. The number of rotatable bonds is 15. The number of carboxylic acids is 4. The summed E-state index contributed by atoms with van der Waals surface area (Å²) in [7, 11) is 5.12. The minimum absolute atomic E-state index is 0.0367. The highest BCUT2D eigenvalue weighted by Gasteiger charge is 2.78. The van der Waals surface area contributed by atoms with E-state index in [4.69, 9.17) is 55.1 Å². The van der Waals surface area contributed by atoms with Gasteiger partial charge < -0.3 is 75.4 Å². The number of H-pyrrole nitrogens is 1. The summed E-state index contributed by atoms with van der Waals surface area (Å²) in [6, 6.07) is 20.6. The van der Waals surface area contributed by atoms with Gasteiger partial charge in [-0.05, 0) is 73.5 Å². The second-order valence-electron chi connectivity index (χ2n) is 22.0. The Morgan fingerprint density at radius 2 is 1.42 bits per heavy atom. The Morgan fingerprint density at radius 1 is 0.807 bits per heavy atom. The van der Waals surface area contributed by atoms with Crippen LogP contribution in [-0.4, -0.2) is 205 Å². The van der Waals surface area contributed by atoms with E-state index in [-0.39, 0.29) is 30.4 Å². The maximum Gasteiger partial charge on any atom is 0.335 e. The quantitative estimate of drug-likeness (QED) is 0.0597. The van der Waals surface area contributed by atoms with Gasteiger partial charge in [-0.15, -0.1) is 0 Å². The third-order valence-electron chi connectivity index (χ3n) is 17.5. The van der Waals surface area contributed by atoms with Gasteiger partial charge in [-0.25, -0.2) is 19.2 Å². The average molecular weight is 1150 g/mol. The van der Waals surface area contributed by atoms with Crippen LogP contribution in [0.4, 0.5) is 5.69 Å². The van der Waals surface area contributed by atoms with Gasteiger partial charge in [0.05, 0.1) is 26.8 Å². The van der Waals surface area contributed by atoms with Crippen molar-refractivity contribution < 1.29 is 93.7 Å². The zero-order chi connectivity index (χ0) is 60.7. The van der Waals surface area contributed by atoms with Crippen LogP contribution in [-0.2, 0) is 55.6 Å². The molecule has 1 spiro atoms. The predicted octanol–water partition coefficient (Wildman–Crippen LogP) is 1.77. The third kappa shape index (κ3) is 10.5. The van der Waals surface area contributed by atoms with Crippen LogP contribution in [0.25, 0.3) is 10.9 Å². The van der Waals surface area contributed by atoms with Crippen LogP contribution in [0, 0.1) is 11.3 Å². The molecule has 6 heterocycles. The number of para-hydroxylation sites is 1. The Morgan fingerprint density at radius 3 is 1.99 bits per heavy atom. The van der Waals surface area contributed by atoms with E-state index in [2.05, 4.69) is 81.3 Å². The molecule has 3 aromatic carbocycles. The highest BCUT2D eigenvalue weighted by molar-refractivity contribution is 5.95. The highest BCUT2D eigenvalue weighted by atomic mass is 16.6. The van der Waals surface area contributed by atoms with E-state index >= 15 is 4.79 Å². The molecule has 1 saturated heterocycles. The number of amides is 1. The van der Waals surface area contributed by atoms with Crippen LogP contribution in [0.15, 0.2) is 90.5 Å². The van der Waals surface area contributed by atoms with Crippen LogP contribution in [0.2, 0.25) is 0 Å². The molecule has 446 valence electrons. The summed E-state index contributed by atoms with van der Waals surface area (Å²) in [5.41, 5.74) is 2.52. The van der Waals surface area contributed by atoms with Gasteiger partial charge in [-0.1, -0.05) is 74.0 Å². The first-order valence-corrected chi connectivity index (χ1v) is 27.2. The van der Waals surface area contributed by atoms with Crippen LogP contribution in [0.3, 0.4) is 0 Å². The molecule has 1 amide bonds. The summed E-state index contributed by atoms with van der Waals surface area (Å²) in [6.45, 7) is 9.29. The number of nitrogens with one attached hydrogen (secondary N) is 2. The molecular formula is C59H71N5O19. The Bertz CT molecular complexity index is 3170. The normalized spacial score (nSPS) is 28.6. The number of carbonyl (C=O) groups excluding carboxylic acids is 3. The lowest BCUT2D eigenvalue weighted by molar-refractivity contribution is -0.216. The van der Waals surface area contributed by atoms with E-state index in [1.165, 1.54) is 19.6 Å². The summed E-state index contributed by atoms with van der Waals surface area (Å²) in [5, 5.41) is 83.1. The lowest BCUT2D eigenvalue weighted by Gasteiger charge is -2.64. The molecule has 10 rings (SSSR count). The second-order valence-corrected chi connectivity index (χ2v) is 22.0. The molecule has 0 radical (unpaired) electrons. The number of methoxy groups -OCH3 is 2. The third-order valence-corrected chi connectivity index (χ3v) is 17.5. The number of esters is 2. The molecular weight excluding hydrogens is 1080 g/mol. The molecule has 4 aromatic rings. The smallest absolute Gasteiger partial charge is 0.335 e. The molecule has 24 nitrogen and oxygen atoms in total. The average Bonchev–Trinajstić information content (AvgIpc) is 1.55. The fourth-order valence-electron chi connectivity index (χ4n) is 14.3. The van der Waals surface area contributed by atoms with E-state index in [1.54, 1.807) is 19.2 Å². The molecule has 1 saturated carbocycles. The van der Waals surface area contributed by atoms with Crippen molar-refractivity contribution in [3.05, 3.63) is 118 Å². The van der Waals surface area contributed by atoms with Crippen molar-refractivity contribution in [2.75, 3.05) is 58.9 Å². The number of aromatic nitrogens is 1. The number of likely N-dealkylation sites (N-methyl/N-ethyl adjacent to an activating group) is 1. The second kappa shape index (κ2) is 23.9. The Labute approximate surface area is 477 Å². The van der Waals surface area contributed by atoms with Gasteiger partial charge in [0.2, 0.25) is 0 Å². The number of nitrogens with zero attached hydrogens (tertiary/aromatic N) is 3. The monoisotopic (exact) mass is 1150 g/mol. The van der Waals surface area contributed by atoms with Gasteiger partial charge in [-0.2, -0.15) is 0 Å². The number of aliphatic carboxylic acids is 4. The summed E-state index contributed by atoms with van der Waals surface area (Å²) in [5.74, 6) is -7.70. The number of aromatic amines is 1. The predicted molar refractivity (Wildman–Crippen MR) is 295 cm³/mol. The SMILES string of the molecule is CCC1=C[C@@H]2CN(C1)Cc1c([nH]c3ccccc13)[C@@](C(=O)OC)(c1cc3c(cc1OC)N(C)[C@H]1[C@@](O)(CNC(=O)c4ccccc4)[C@H](OC(C)=O)[C@]4(CC)C=CCN5CC[C@]31[C@@H]54)C2.O=C(O)C(O)C(O)C(=O)O.O=C(O)C(O)C(O)C(=O)O. The van der Waals surface area contributed by atoms with Crippen molar-refractivity contribution in [1.82, 2.24) is 20.1 Å². The molecule has 5 aliphatic heterocycles. The van der Waals surface area contributed by atoms with Crippen LogP contribution < -0.4 is 15.0 Å². The molecule has 5 unspecified atom stereocenters. The van der Waals surface area contributed by atoms with Crippen molar-refractivity contribution in [3.8, 4) is 5.75 Å². The molecule has 24 heteroatoms. The van der Waals surface area contributed by atoms with Crippen LogP contribution in [0.5, 0.6) is 5.75 Å². The molecule has 13 atom stereocenters. The summed E-state index contributed by atoms with van der Waals surface area (Å²) in [4.78, 5) is 92.5. The van der Waals surface area contributed by atoms with Crippen LogP contribution >= 0.6 is 0 Å². The Hall–Kier alpha value is -7.71. The van der Waals surface area contributed by atoms with E-state index in [0.717, 1.165) is 59.5 Å². The fraction of sp³-hybridized carbons (Fsp3) is 0.475. The minimum atomic E-state index is -2.27. The van der Waals surface area contributed by atoms with Gasteiger partial charge >= 0.3 is 35.8 Å². The molecule has 83 heavy (non-hydrogen) atoms. The molecule has 11 N–H and O–H groups in total. The molecule has 6 aliphatic rings. The Kier molecular flexibility index (Phi) is 17.6. The number of aliphatic hydroxyl groups excluding tert-OH is 4. The van der Waals surface area contributed by atoms with E-state index in [1.807, 2.05) is 37.4 Å². The molecule has 1 aliphatic carbocycles. The number of aliphatic hydroxyl groups is 5. The number of anilines is 1. The first-order valence-electron chi connectivity index (χ1n) is 27.2. The maximum absolute atomic E-state index is 15.3. The first-order chi connectivity index (χ1) is 39.3. The summed E-state index contributed by atoms with van der Waals surface area (Å²) in [6.07, 6.45) is -0.783. The summed E-state index contributed by atoms with van der Waals surface area (Å²) >= 11 is 0. The first kappa shape index (κ1) is 61.4. The van der Waals surface area contributed by atoms with Gasteiger partial charge in [-0.3, -0.25) is 24.2 Å². The van der Waals surface area contributed by atoms with E-state index in [9.17, 15) is 33.9 Å². The van der Waals surface area contributed by atoms with Gasteiger partial charge in [0.1, 0.15) is 22.9 Å². The highest BCUT2D eigenvalue weighted by Crippen LogP contribution is 2.68. The van der Waals surface area contributed by atoms with Crippen LogP contribution in [0.1, 0.15) is 79.2 Å². The largest absolute Gasteiger partial charge is 0.496 e. The maximum atomic E-state index is 15.3. The number of ether oxygens (including phenoxy) is 3. The standard InChI is InChI=1S/C51H59N5O7.2C4H6O6/c1-7-32-23-33-26-50(47(59)62-6,42-36(29-55(27-32)28-33)35-17-12-13-18-39(35)53-42)38-24-37-40(25-41(38)61-5)54(4)45-49(37)20-22-56-21-14-19-48(8-2,44(49)56)46(63-31(3)57)51(45,60)30-52-43(58)34-15-10-9-11-16-34;2*5-1(3(7)8)2(6)4(9)10/h9-19,23-25,33,44-46,53,60H,7-8,20-22,26-30H2,1-6H3,(H,52,58);2*1-2,5-6H,(H,7,8)(H,9,10)/t33-,44-,45+,46+,48+,49+,50-,51-;;/m0../s1. The van der Waals surface area contributed by atoms with Crippen molar-refractivity contribution >= 4 is 58.3 Å². The van der Waals surface area contributed by atoms with Crippen molar-refractivity contribution in [2.24, 2.45) is 11.3 Å². The van der Waals surface area contributed by atoms with Crippen molar-refractivity contribution in [2.45, 2.75) is 112 Å². The van der Waals surface area contributed by atoms with Gasteiger partial charge in [0, 0.05) is 96.5 Å². The number of carbonyl (C=O) groups is 7. The van der Waals surface area contributed by atoms with E-state index < -0.39 is 88.3 Å². The van der Waals surface area contributed by atoms with Crippen molar-refractivity contribution in [1.29, 1.82) is 0 Å². The van der Waals surface area contributed by atoms with E-state index in [0.29, 0.717) is 49.2 Å². The summed E-state index contributed by atoms with van der Waals surface area (Å²) < 4.78 is 18.8. The number of fused-ring (bicyclic) bond motifs is 6. The zero-order valence-electron chi connectivity index (χ0n) is 46.7. The molecule has 2 bridgehead atoms. The Balaban J connectivity index is 0.000000385. The number of carboxylic acid groups (broad SMARTS) is 4. The van der Waals surface area contributed by atoms with Gasteiger partial charge in [0.25, 0.3) is 5.91 Å². The topological polar surface area (TPSA) is 367 Å². The lowest BCUT2D eigenvalue weighted by atomic mass is 9.47. The fourth-order valence-corrected chi connectivity index (χ4v) is 14.3. The lowest BCUT2D eigenvalue weighted by Crippen LogP contribution is -2.81. The molecule has 2 fully saturated rings. The molecule has 1 aromatic heterocycles. The minimum Gasteiger partial charge on any atom is -0.496 e. The van der Waals surface area contributed by atoms with Gasteiger partial charge in [0.15, 0.2) is 24.4 Å². The number of benzene rings is 3.